The minimum atomic E-state index is -3.13. The maximum absolute atomic E-state index is 8.74. The van der Waals surface area contributed by atoms with Crippen LogP contribution < -0.4 is 12.3 Å². The largest absolute Gasteiger partial charge is 0.761 e. The zero-order valence-corrected chi connectivity index (χ0v) is 8.46. The van der Waals surface area contributed by atoms with Gasteiger partial charge in [0.25, 0.3) is 0 Å². The second-order valence-electron chi connectivity index (χ2n) is 2.40. The van der Waals surface area contributed by atoms with E-state index in [9.17, 15) is 0 Å². The first-order chi connectivity index (χ1) is 4.73. The molecule has 0 amide bonds. The highest BCUT2D eigenvalue weighted by atomic mass is 28.3. The van der Waals surface area contributed by atoms with Gasteiger partial charge in [-0.15, -0.1) is 0 Å². The molecule has 0 radical (unpaired) electrons. The van der Waals surface area contributed by atoms with Gasteiger partial charge in [-0.3, -0.25) is 4.46 Å². The Morgan fingerprint density at radius 1 is 0.750 bits per heavy atom. The zero-order chi connectivity index (χ0) is 7.82. The number of hydrogen-bond acceptors (Lipinski definition) is 3. The molecule has 1 aliphatic carbocycles. The van der Waals surface area contributed by atoms with Crippen LogP contribution in [0, 0.1) is 0 Å². The first kappa shape index (κ1) is 17.6. The Bertz CT molecular complexity index is 83.3. The van der Waals surface area contributed by atoms with Gasteiger partial charge in [-0.2, -0.15) is 0 Å². The summed E-state index contributed by atoms with van der Waals surface area (Å²) in [5.74, 6) is 0. The maximum Gasteiger partial charge on any atom is 0.761 e. The van der Waals surface area contributed by atoms with E-state index < -0.39 is 9.17 Å². The average molecular weight is 196 g/mol. The number of rotatable bonds is 0. The predicted molar refractivity (Wildman–Crippen MR) is 48.6 cm³/mol. The molecular weight excluding hydrogens is 176 g/mol. The van der Waals surface area contributed by atoms with E-state index in [0.717, 1.165) is 0 Å². The Hall–Kier alpha value is -0.463. The van der Waals surface area contributed by atoms with Crippen molar-refractivity contribution in [3.8, 4) is 0 Å². The molecule has 12 heavy (non-hydrogen) atoms. The summed E-state index contributed by atoms with van der Waals surface area (Å²) < 4.78 is 8.74. The van der Waals surface area contributed by atoms with Gasteiger partial charge in [-0.1, -0.05) is 38.5 Å². The van der Waals surface area contributed by atoms with Crippen molar-refractivity contribution in [3.63, 3.8) is 0 Å². The second kappa shape index (κ2) is 13.2. The van der Waals surface area contributed by atoms with E-state index in [4.69, 9.17) is 14.1 Å². The van der Waals surface area contributed by atoms with Crippen molar-refractivity contribution in [1.82, 2.24) is 12.3 Å². The predicted octanol–water partition coefficient (Wildman–Crippen LogP) is 1.05. The standard InChI is InChI=1S/C6H12.2H3N.H2O3Si/c1-2-4-6-5-3-1;;;1-4(2)3/h1-6H2;2*1H3;1-2H. The summed E-state index contributed by atoms with van der Waals surface area (Å²) in [6.07, 6.45) is 9.00. The fraction of sp³-hybridized carbons (Fsp3) is 1.00. The molecule has 6 heteroatoms. The molecule has 0 spiro atoms. The van der Waals surface area contributed by atoms with E-state index in [2.05, 4.69) is 0 Å². The molecule has 76 valence electrons. The van der Waals surface area contributed by atoms with E-state index in [-0.39, 0.29) is 12.3 Å². The molecule has 0 aromatic carbocycles. The van der Waals surface area contributed by atoms with E-state index in [1.807, 2.05) is 0 Å². The summed E-state index contributed by atoms with van der Waals surface area (Å²) in [4.78, 5) is 14.3. The Morgan fingerprint density at radius 3 is 0.917 bits per heavy atom. The lowest BCUT2D eigenvalue weighted by molar-refractivity contribution is 0.330. The molecule has 5 nitrogen and oxygen atoms in total. The zero-order valence-electron chi connectivity index (χ0n) is 7.46. The van der Waals surface area contributed by atoms with Crippen molar-refractivity contribution in [1.29, 1.82) is 0 Å². The smallest absolute Gasteiger partial charge is 0.511 e. The highest BCUT2D eigenvalue weighted by molar-refractivity contribution is 6.22. The average Bonchev–Trinajstić information content (AvgIpc) is 1.90. The lowest BCUT2D eigenvalue weighted by Gasteiger charge is -2.05. The second-order valence-corrected chi connectivity index (χ2v) is 2.97. The highest BCUT2D eigenvalue weighted by Crippen LogP contribution is 2.15. The third kappa shape index (κ3) is 22.7. The third-order valence-corrected chi connectivity index (χ3v) is 1.50. The molecule has 0 heterocycles. The molecule has 1 fully saturated rings. The van der Waals surface area contributed by atoms with E-state index >= 15 is 0 Å². The maximum atomic E-state index is 8.74. The van der Waals surface area contributed by atoms with Crippen LogP contribution in [0.4, 0.5) is 0 Å². The third-order valence-electron chi connectivity index (χ3n) is 1.50. The molecule has 0 aliphatic heterocycles. The lowest BCUT2D eigenvalue weighted by Crippen LogP contribution is -1.90. The first-order valence-corrected chi connectivity index (χ1v) is 4.95. The molecule has 0 atom stereocenters. The Labute approximate surface area is 74.9 Å². The van der Waals surface area contributed by atoms with Crippen molar-refractivity contribution >= 4 is 9.17 Å². The van der Waals surface area contributed by atoms with Crippen LogP contribution in [0.3, 0.4) is 0 Å². The van der Waals surface area contributed by atoms with Crippen LogP contribution in [0.25, 0.3) is 0 Å². The minimum absolute atomic E-state index is 0. The normalized spacial score (nSPS) is 14.0. The van der Waals surface area contributed by atoms with Crippen molar-refractivity contribution in [3.05, 3.63) is 0 Å². The van der Waals surface area contributed by atoms with Crippen LogP contribution in [0.1, 0.15) is 38.5 Å². The van der Waals surface area contributed by atoms with Crippen molar-refractivity contribution in [2.24, 2.45) is 0 Å². The first-order valence-electron chi connectivity index (χ1n) is 3.65. The van der Waals surface area contributed by atoms with Crippen LogP contribution in [-0.2, 0) is 4.46 Å². The molecule has 0 aromatic rings. The summed E-state index contributed by atoms with van der Waals surface area (Å²) in [6.45, 7) is 0. The van der Waals surface area contributed by atoms with E-state index in [1.165, 1.54) is 38.5 Å². The summed E-state index contributed by atoms with van der Waals surface area (Å²) >= 11 is 0. The van der Waals surface area contributed by atoms with Crippen LogP contribution in [0.2, 0.25) is 0 Å². The Balaban J connectivity index is -0.000000124. The highest BCUT2D eigenvalue weighted by Gasteiger charge is 1.95. The Kier molecular flexibility index (Phi) is 19.3. The molecule has 0 bridgehead atoms. The van der Waals surface area contributed by atoms with Gasteiger partial charge in [0.05, 0.1) is 0 Å². The fourth-order valence-electron chi connectivity index (χ4n) is 1.06. The molecule has 8 N–H and O–H groups in total. The topological polar surface area (TPSA) is 128 Å². The van der Waals surface area contributed by atoms with Crippen molar-refractivity contribution < 1.29 is 14.1 Å². The molecule has 1 aliphatic rings. The molecule has 0 unspecified atom stereocenters. The SMILES string of the molecule is C1CCCCC1.N.N.O=[Si](O)O. The van der Waals surface area contributed by atoms with Crippen LogP contribution in [0.5, 0.6) is 0 Å². The fourth-order valence-corrected chi connectivity index (χ4v) is 1.06. The van der Waals surface area contributed by atoms with E-state index in [1.54, 1.807) is 0 Å². The van der Waals surface area contributed by atoms with Gasteiger partial charge in [0.15, 0.2) is 0 Å². The van der Waals surface area contributed by atoms with Gasteiger partial charge in [0.2, 0.25) is 0 Å². The van der Waals surface area contributed by atoms with Crippen molar-refractivity contribution in [2.75, 3.05) is 0 Å². The van der Waals surface area contributed by atoms with Gasteiger partial charge < -0.3 is 21.9 Å². The molecule has 0 saturated heterocycles. The minimum Gasteiger partial charge on any atom is -0.511 e. The summed E-state index contributed by atoms with van der Waals surface area (Å²) in [6, 6.07) is 0. The number of hydrogen-bond donors (Lipinski definition) is 4. The summed E-state index contributed by atoms with van der Waals surface area (Å²) in [5.41, 5.74) is 0. The van der Waals surface area contributed by atoms with Crippen molar-refractivity contribution in [2.45, 2.75) is 38.5 Å². The monoisotopic (exact) mass is 196 g/mol. The Morgan fingerprint density at radius 2 is 0.833 bits per heavy atom. The molecular formula is C6H20N2O3Si. The van der Waals surface area contributed by atoms with Crippen LogP contribution in [0.15, 0.2) is 0 Å². The summed E-state index contributed by atoms with van der Waals surface area (Å²) in [7, 11) is -3.13. The van der Waals surface area contributed by atoms with E-state index in [0.29, 0.717) is 0 Å². The molecule has 1 saturated carbocycles. The summed E-state index contributed by atoms with van der Waals surface area (Å²) in [5, 5.41) is 0. The molecule has 0 aromatic heterocycles. The van der Waals surface area contributed by atoms with Gasteiger partial charge in [0, 0.05) is 0 Å². The van der Waals surface area contributed by atoms with Crippen LogP contribution in [-0.4, -0.2) is 18.8 Å². The van der Waals surface area contributed by atoms with Gasteiger partial charge >= 0.3 is 9.17 Å². The van der Waals surface area contributed by atoms with Gasteiger partial charge in [-0.05, 0) is 0 Å². The quantitative estimate of drug-likeness (QED) is 0.430. The van der Waals surface area contributed by atoms with Gasteiger partial charge in [0.1, 0.15) is 0 Å². The molecule has 1 rings (SSSR count). The van der Waals surface area contributed by atoms with Gasteiger partial charge in [-0.25, -0.2) is 0 Å². The van der Waals surface area contributed by atoms with Crippen LogP contribution >= 0.6 is 0 Å². The lowest BCUT2D eigenvalue weighted by atomic mass is 10.0.